The number of hydrogen-bond acceptors (Lipinski definition) is 3. The fraction of sp³-hybridized carbons (Fsp3) is 0.425. The van der Waals surface area contributed by atoms with Crippen LogP contribution >= 0.6 is 0 Å². The van der Waals surface area contributed by atoms with E-state index in [2.05, 4.69) is 286 Å². The van der Waals surface area contributed by atoms with Gasteiger partial charge >= 0.3 is 0 Å². The Morgan fingerprint density at radius 1 is 0.351 bits per heavy atom. The molecule has 3 nitrogen and oxygen atoms in total. The predicted octanol–water partition coefficient (Wildman–Crippen LogP) is 18.3. The molecule has 7 aromatic carbocycles. The molecule has 0 aromatic heterocycles. The minimum absolute atomic E-state index is 0.00328. The Labute approximate surface area is 465 Å². The number of anilines is 8. The molecular formula is C73H88BN3. The lowest BCUT2D eigenvalue weighted by Gasteiger charge is -2.52. The molecule has 3 aliphatic heterocycles. The van der Waals surface area contributed by atoms with E-state index in [1.807, 2.05) is 0 Å². The molecule has 77 heavy (non-hydrogen) atoms. The van der Waals surface area contributed by atoms with Crippen molar-refractivity contribution in [3.05, 3.63) is 184 Å². The van der Waals surface area contributed by atoms with Crippen molar-refractivity contribution in [3.63, 3.8) is 0 Å². The summed E-state index contributed by atoms with van der Waals surface area (Å²) in [6.45, 7) is 44.9. The first-order valence-corrected chi connectivity index (χ1v) is 29.2. The lowest BCUT2D eigenvalue weighted by Crippen LogP contribution is -2.61. The van der Waals surface area contributed by atoms with E-state index in [1.54, 1.807) is 0 Å². The molecule has 4 heteroatoms. The van der Waals surface area contributed by atoms with Crippen molar-refractivity contribution >= 4 is 68.6 Å². The highest BCUT2D eigenvalue weighted by Crippen LogP contribution is 2.64. The van der Waals surface area contributed by atoms with Crippen molar-refractivity contribution in [1.29, 1.82) is 0 Å². The molecule has 1 aliphatic carbocycles. The number of rotatable bonds is 4. The molecule has 0 spiro atoms. The highest BCUT2D eigenvalue weighted by molar-refractivity contribution is 7.00. The van der Waals surface area contributed by atoms with Gasteiger partial charge in [0, 0.05) is 50.9 Å². The summed E-state index contributed by atoms with van der Waals surface area (Å²) in [5.41, 5.74) is 24.7. The summed E-state index contributed by atoms with van der Waals surface area (Å²) in [5, 5.41) is 0. The van der Waals surface area contributed by atoms with E-state index in [-0.39, 0.29) is 50.2 Å². The first kappa shape index (κ1) is 53.0. The van der Waals surface area contributed by atoms with Crippen LogP contribution in [0.25, 0.3) is 0 Å². The maximum absolute atomic E-state index is 2.83. The Balaban J connectivity index is 1.21. The van der Waals surface area contributed by atoms with Crippen LogP contribution < -0.4 is 31.1 Å². The molecule has 0 radical (unpaired) electrons. The van der Waals surface area contributed by atoms with Gasteiger partial charge in [-0.05, 0) is 174 Å². The zero-order valence-electron chi connectivity index (χ0n) is 50.5. The normalized spacial score (nSPS) is 19.4. The number of nitrogens with zero attached hydrogens (tertiary/aromatic N) is 3. The van der Waals surface area contributed by atoms with Gasteiger partial charge in [0.15, 0.2) is 0 Å². The van der Waals surface area contributed by atoms with Gasteiger partial charge in [0.05, 0.1) is 5.54 Å². The van der Waals surface area contributed by atoms with Crippen LogP contribution in [0.2, 0.25) is 0 Å². The summed E-state index contributed by atoms with van der Waals surface area (Å²) in [6, 6.07) is 56.6. The third-order valence-electron chi connectivity index (χ3n) is 18.7. The molecule has 1 fully saturated rings. The standard InChI is InChI=1S/C73H88BN3/c1-66(2,3)47-22-24-50(25-23-47)73-41-21-20-40-72(73,19)77(60-38-30-51(42-57(60)73)69(10,11)12)56-36-37-58-62(46-56)76(55-34-28-49(29-35-55)68(7,8)9)64-45-53(71(16,17)18)44-63-65(64)74(58)59-43-52(70(13,14)15)31-39-61(59)75(63)54-32-26-48(27-33-54)67(4,5)6/h22-39,42-46H,20-21,40-41H2,1-19H3. The highest BCUT2D eigenvalue weighted by Gasteiger charge is 2.61. The zero-order valence-corrected chi connectivity index (χ0v) is 50.5. The van der Waals surface area contributed by atoms with E-state index in [0.29, 0.717) is 0 Å². The first-order chi connectivity index (χ1) is 35.8. The molecule has 2 unspecified atom stereocenters. The second-order valence-corrected chi connectivity index (χ2v) is 30.2. The van der Waals surface area contributed by atoms with Crippen molar-refractivity contribution in [2.45, 2.75) is 201 Å². The molecule has 11 rings (SSSR count). The van der Waals surface area contributed by atoms with E-state index in [0.717, 1.165) is 12.8 Å². The highest BCUT2D eigenvalue weighted by atomic mass is 15.3. The zero-order chi connectivity index (χ0) is 55.4. The van der Waals surface area contributed by atoms with Crippen molar-refractivity contribution in [2.24, 2.45) is 0 Å². The molecule has 0 saturated heterocycles. The second-order valence-electron chi connectivity index (χ2n) is 30.2. The summed E-state index contributed by atoms with van der Waals surface area (Å²) in [6.07, 6.45) is 4.61. The summed E-state index contributed by atoms with van der Waals surface area (Å²) in [5.74, 6) is 0. The molecule has 7 aromatic rings. The first-order valence-electron chi connectivity index (χ1n) is 29.2. The monoisotopic (exact) mass is 1020 g/mol. The van der Waals surface area contributed by atoms with Crippen LogP contribution in [-0.2, 0) is 37.9 Å². The fourth-order valence-electron chi connectivity index (χ4n) is 14.0. The van der Waals surface area contributed by atoms with Gasteiger partial charge in [-0.15, -0.1) is 0 Å². The SMILES string of the molecule is CC(C)(C)c1ccc(N2c3ccc(C(C)(C)C)cc3B3c4ccc(N5c6ccc(C(C)(C)C)cc6C6(c7ccc(C(C)(C)C)cc7)CCCCC56C)cc4N(c4ccc(C(C)(C)C)cc4)c4cc(C(C)(C)C)cc2c43)cc1. The molecule has 3 heterocycles. The van der Waals surface area contributed by atoms with Crippen molar-refractivity contribution in [1.82, 2.24) is 0 Å². The quantitative estimate of drug-likeness (QED) is 0.163. The van der Waals surface area contributed by atoms with Gasteiger partial charge < -0.3 is 14.7 Å². The summed E-state index contributed by atoms with van der Waals surface area (Å²) in [7, 11) is 0. The molecular weight excluding hydrogens is 930 g/mol. The van der Waals surface area contributed by atoms with E-state index >= 15 is 0 Å². The topological polar surface area (TPSA) is 9.72 Å². The van der Waals surface area contributed by atoms with Gasteiger partial charge in [-0.3, -0.25) is 0 Å². The minimum Gasteiger partial charge on any atom is -0.334 e. The molecule has 0 amide bonds. The lowest BCUT2D eigenvalue weighted by molar-refractivity contribution is 0.215. The maximum atomic E-state index is 2.83. The van der Waals surface area contributed by atoms with Gasteiger partial charge in [0.2, 0.25) is 0 Å². The Hall–Kier alpha value is -6.00. The Bertz CT molecular complexity index is 3430. The molecule has 0 bridgehead atoms. The second kappa shape index (κ2) is 17.5. The molecule has 4 aliphatic rings. The third kappa shape index (κ3) is 8.51. The molecule has 2 atom stereocenters. The van der Waals surface area contributed by atoms with Gasteiger partial charge in [-0.2, -0.15) is 0 Å². The van der Waals surface area contributed by atoms with Crippen molar-refractivity contribution in [2.75, 3.05) is 14.7 Å². The van der Waals surface area contributed by atoms with Crippen LogP contribution in [0.4, 0.5) is 45.5 Å². The molecule has 1 saturated carbocycles. The average molecular weight is 1020 g/mol. The third-order valence-corrected chi connectivity index (χ3v) is 18.7. The van der Waals surface area contributed by atoms with Gasteiger partial charge in [0.1, 0.15) is 0 Å². The lowest BCUT2D eigenvalue weighted by atomic mass is 9.33. The van der Waals surface area contributed by atoms with E-state index in [9.17, 15) is 0 Å². The number of fused-ring (bicyclic) bond motifs is 7. The molecule has 0 N–H and O–H groups in total. The van der Waals surface area contributed by atoms with Crippen LogP contribution in [0.15, 0.2) is 140 Å². The molecule has 398 valence electrons. The van der Waals surface area contributed by atoms with Crippen LogP contribution in [0.5, 0.6) is 0 Å². The Morgan fingerprint density at radius 2 is 0.766 bits per heavy atom. The number of hydrogen-bond donors (Lipinski definition) is 0. The van der Waals surface area contributed by atoms with Crippen molar-refractivity contribution in [3.8, 4) is 0 Å². The predicted molar refractivity (Wildman–Crippen MR) is 335 cm³/mol. The van der Waals surface area contributed by atoms with Crippen LogP contribution in [0, 0.1) is 0 Å². The summed E-state index contributed by atoms with van der Waals surface area (Å²) in [4.78, 5) is 8.09. The van der Waals surface area contributed by atoms with E-state index in [4.69, 9.17) is 0 Å². The van der Waals surface area contributed by atoms with Gasteiger partial charge in [-0.25, -0.2) is 0 Å². The average Bonchev–Trinajstić information content (AvgIpc) is 3.92. The van der Waals surface area contributed by atoms with Crippen molar-refractivity contribution < 1.29 is 0 Å². The Kier molecular flexibility index (Phi) is 12.1. The number of benzene rings is 7. The summed E-state index contributed by atoms with van der Waals surface area (Å²) < 4.78 is 0. The van der Waals surface area contributed by atoms with Gasteiger partial charge in [0.25, 0.3) is 6.71 Å². The van der Waals surface area contributed by atoms with E-state index in [1.165, 1.54) is 119 Å². The van der Waals surface area contributed by atoms with E-state index < -0.39 is 0 Å². The largest absolute Gasteiger partial charge is 0.334 e. The Morgan fingerprint density at radius 3 is 1.26 bits per heavy atom. The maximum Gasteiger partial charge on any atom is 0.252 e. The summed E-state index contributed by atoms with van der Waals surface area (Å²) >= 11 is 0. The minimum atomic E-state index is -0.234. The van der Waals surface area contributed by atoms with Gasteiger partial charge in [-0.1, -0.05) is 216 Å². The van der Waals surface area contributed by atoms with Crippen LogP contribution in [0.3, 0.4) is 0 Å². The van der Waals surface area contributed by atoms with Crippen LogP contribution in [-0.4, -0.2) is 12.3 Å². The fourth-order valence-corrected chi connectivity index (χ4v) is 14.0. The van der Waals surface area contributed by atoms with Crippen LogP contribution in [0.1, 0.15) is 202 Å². The smallest absolute Gasteiger partial charge is 0.252 e.